The second kappa shape index (κ2) is 8.38. The standard InChI is InChI=1S/C21H24N6O/c22-9-12-28-18-7-10-26(11-8-18)21-25-19-3-1-2-4-20(19)27(21)15-17-6-5-16(13-23)14-24-17/h1-6,14,18H,7-12,15,22H2. The van der Waals surface area contributed by atoms with E-state index in [0.717, 1.165) is 48.6 Å². The van der Waals surface area contributed by atoms with E-state index in [1.165, 1.54) is 0 Å². The molecule has 1 aliphatic rings. The molecule has 3 heterocycles. The Morgan fingerprint density at radius 3 is 2.71 bits per heavy atom. The van der Waals surface area contributed by atoms with E-state index in [9.17, 15) is 0 Å². The summed E-state index contributed by atoms with van der Waals surface area (Å²) >= 11 is 0. The number of hydrogen-bond donors (Lipinski definition) is 1. The van der Waals surface area contributed by atoms with Crippen molar-refractivity contribution in [3.63, 3.8) is 0 Å². The molecule has 1 aromatic carbocycles. The van der Waals surface area contributed by atoms with Gasteiger partial charge in [0.1, 0.15) is 6.07 Å². The number of para-hydroxylation sites is 2. The van der Waals surface area contributed by atoms with Crippen LogP contribution in [0.4, 0.5) is 5.95 Å². The fourth-order valence-corrected chi connectivity index (χ4v) is 3.66. The lowest BCUT2D eigenvalue weighted by atomic mass is 10.1. The van der Waals surface area contributed by atoms with Crippen LogP contribution in [0.5, 0.6) is 0 Å². The molecule has 0 aliphatic carbocycles. The van der Waals surface area contributed by atoms with Crippen molar-refractivity contribution in [3.05, 3.63) is 53.9 Å². The number of fused-ring (bicyclic) bond motifs is 1. The Hall–Kier alpha value is -2.95. The maximum atomic E-state index is 8.99. The lowest BCUT2D eigenvalue weighted by molar-refractivity contribution is 0.0419. The largest absolute Gasteiger partial charge is 0.377 e. The summed E-state index contributed by atoms with van der Waals surface area (Å²) in [5.41, 5.74) is 9.09. The van der Waals surface area contributed by atoms with Gasteiger partial charge in [-0.3, -0.25) is 4.98 Å². The molecule has 2 N–H and O–H groups in total. The van der Waals surface area contributed by atoms with Gasteiger partial charge in [0.15, 0.2) is 0 Å². The molecule has 0 amide bonds. The zero-order chi connectivity index (χ0) is 19.3. The monoisotopic (exact) mass is 376 g/mol. The van der Waals surface area contributed by atoms with E-state index in [1.807, 2.05) is 24.3 Å². The minimum absolute atomic E-state index is 0.276. The third kappa shape index (κ3) is 3.84. The van der Waals surface area contributed by atoms with Crippen molar-refractivity contribution in [3.8, 4) is 6.07 Å². The number of benzene rings is 1. The van der Waals surface area contributed by atoms with Crippen molar-refractivity contribution in [2.75, 3.05) is 31.1 Å². The van der Waals surface area contributed by atoms with Gasteiger partial charge in [0.05, 0.1) is 41.5 Å². The SMILES string of the molecule is N#Cc1ccc(Cn2c(N3CCC(OCCN)CC3)nc3ccccc32)nc1. The molecule has 1 fully saturated rings. The molecule has 2 aromatic heterocycles. The van der Waals surface area contributed by atoms with Gasteiger partial charge in [-0.15, -0.1) is 0 Å². The summed E-state index contributed by atoms with van der Waals surface area (Å²) in [4.78, 5) is 11.7. The Kier molecular flexibility index (Phi) is 5.51. The molecule has 1 saturated heterocycles. The van der Waals surface area contributed by atoms with Gasteiger partial charge < -0.3 is 19.9 Å². The molecular formula is C21H24N6O. The minimum atomic E-state index is 0.276. The van der Waals surface area contributed by atoms with Gasteiger partial charge in [0.2, 0.25) is 5.95 Å². The lowest BCUT2D eigenvalue weighted by Gasteiger charge is -2.33. The van der Waals surface area contributed by atoms with Gasteiger partial charge in [0.25, 0.3) is 0 Å². The highest BCUT2D eigenvalue weighted by atomic mass is 16.5. The van der Waals surface area contributed by atoms with Crippen LogP contribution in [0.15, 0.2) is 42.6 Å². The third-order valence-electron chi connectivity index (χ3n) is 5.10. The second-order valence-corrected chi connectivity index (χ2v) is 6.98. The van der Waals surface area contributed by atoms with Gasteiger partial charge >= 0.3 is 0 Å². The summed E-state index contributed by atoms with van der Waals surface area (Å²) in [6, 6.07) is 14.0. The Balaban J connectivity index is 1.59. The van der Waals surface area contributed by atoms with Crippen LogP contribution in [-0.2, 0) is 11.3 Å². The molecule has 0 spiro atoms. The number of anilines is 1. The first kappa shape index (κ1) is 18.4. The van der Waals surface area contributed by atoms with E-state index >= 15 is 0 Å². The Morgan fingerprint density at radius 1 is 1.18 bits per heavy atom. The molecule has 0 saturated carbocycles. The van der Waals surface area contributed by atoms with Gasteiger partial charge in [-0.1, -0.05) is 12.1 Å². The predicted molar refractivity (Wildman–Crippen MR) is 108 cm³/mol. The van der Waals surface area contributed by atoms with Crippen LogP contribution in [-0.4, -0.2) is 46.9 Å². The van der Waals surface area contributed by atoms with Crippen LogP contribution in [0.2, 0.25) is 0 Å². The third-order valence-corrected chi connectivity index (χ3v) is 5.10. The van der Waals surface area contributed by atoms with E-state index in [1.54, 1.807) is 12.3 Å². The number of nitriles is 1. The first-order valence-corrected chi connectivity index (χ1v) is 9.65. The van der Waals surface area contributed by atoms with Crippen molar-refractivity contribution in [2.45, 2.75) is 25.5 Å². The number of rotatable bonds is 6. The number of aromatic nitrogens is 3. The van der Waals surface area contributed by atoms with Crippen molar-refractivity contribution in [2.24, 2.45) is 5.73 Å². The predicted octanol–water partition coefficient (Wildman–Crippen LogP) is 2.30. The number of ether oxygens (including phenoxy) is 1. The van der Waals surface area contributed by atoms with E-state index in [0.29, 0.717) is 25.3 Å². The number of imidazole rings is 1. The van der Waals surface area contributed by atoms with E-state index in [4.69, 9.17) is 20.7 Å². The Bertz CT molecular complexity index is 967. The second-order valence-electron chi connectivity index (χ2n) is 6.98. The molecule has 7 nitrogen and oxygen atoms in total. The molecule has 1 aliphatic heterocycles. The topological polar surface area (TPSA) is 93.0 Å². The van der Waals surface area contributed by atoms with Crippen LogP contribution in [0, 0.1) is 11.3 Å². The minimum Gasteiger partial charge on any atom is -0.377 e. The van der Waals surface area contributed by atoms with Gasteiger partial charge in [-0.25, -0.2) is 4.98 Å². The molecule has 4 rings (SSSR count). The van der Waals surface area contributed by atoms with Crippen molar-refractivity contribution in [1.82, 2.24) is 14.5 Å². The summed E-state index contributed by atoms with van der Waals surface area (Å²) in [6.07, 6.45) is 3.84. The van der Waals surface area contributed by atoms with Crippen LogP contribution >= 0.6 is 0 Å². The van der Waals surface area contributed by atoms with Crippen LogP contribution in [0.3, 0.4) is 0 Å². The van der Waals surface area contributed by atoms with Crippen LogP contribution in [0.1, 0.15) is 24.1 Å². The first-order valence-electron chi connectivity index (χ1n) is 9.65. The average Bonchev–Trinajstić information content (AvgIpc) is 3.11. The van der Waals surface area contributed by atoms with Crippen molar-refractivity contribution < 1.29 is 4.74 Å². The lowest BCUT2D eigenvalue weighted by Crippen LogP contribution is -2.39. The number of piperidine rings is 1. The summed E-state index contributed by atoms with van der Waals surface area (Å²) < 4.78 is 8.02. The van der Waals surface area contributed by atoms with Crippen LogP contribution in [0.25, 0.3) is 11.0 Å². The number of pyridine rings is 1. The highest BCUT2D eigenvalue weighted by molar-refractivity contribution is 5.79. The Labute approximate surface area is 164 Å². The molecule has 0 radical (unpaired) electrons. The fraction of sp³-hybridized carbons (Fsp3) is 0.381. The summed E-state index contributed by atoms with van der Waals surface area (Å²) in [5.74, 6) is 0.963. The molecule has 144 valence electrons. The number of nitrogens with two attached hydrogens (primary N) is 1. The molecule has 28 heavy (non-hydrogen) atoms. The number of nitrogens with zero attached hydrogens (tertiary/aromatic N) is 5. The highest BCUT2D eigenvalue weighted by Crippen LogP contribution is 2.26. The fourth-order valence-electron chi connectivity index (χ4n) is 3.66. The van der Waals surface area contributed by atoms with Crippen molar-refractivity contribution in [1.29, 1.82) is 5.26 Å². The summed E-state index contributed by atoms with van der Waals surface area (Å²) in [7, 11) is 0. The quantitative estimate of drug-likeness (QED) is 0.709. The van der Waals surface area contributed by atoms with Crippen molar-refractivity contribution >= 4 is 17.0 Å². The average molecular weight is 376 g/mol. The smallest absolute Gasteiger partial charge is 0.206 e. The van der Waals surface area contributed by atoms with Gasteiger partial charge in [-0.2, -0.15) is 5.26 Å². The first-order chi connectivity index (χ1) is 13.8. The normalized spacial score (nSPS) is 15.1. The van der Waals surface area contributed by atoms with E-state index in [-0.39, 0.29) is 6.10 Å². The maximum Gasteiger partial charge on any atom is 0.206 e. The Morgan fingerprint density at radius 2 is 2.00 bits per heavy atom. The summed E-state index contributed by atoms with van der Waals surface area (Å²) in [6.45, 7) is 3.60. The highest BCUT2D eigenvalue weighted by Gasteiger charge is 2.24. The molecule has 0 atom stereocenters. The summed E-state index contributed by atoms with van der Waals surface area (Å²) in [5, 5.41) is 8.99. The number of hydrogen-bond acceptors (Lipinski definition) is 6. The van der Waals surface area contributed by atoms with E-state index < -0.39 is 0 Å². The maximum absolute atomic E-state index is 8.99. The molecule has 7 heteroatoms. The molecule has 0 bridgehead atoms. The zero-order valence-electron chi connectivity index (χ0n) is 15.8. The van der Waals surface area contributed by atoms with Gasteiger partial charge in [-0.05, 0) is 37.1 Å². The molecular weight excluding hydrogens is 352 g/mol. The zero-order valence-corrected chi connectivity index (χ0v) is 15.8. The van der Waals surface area contributed by atoms with Crippen LogP contribution < -0.4 is 10.6 Å². The molecule has 3 aromatic rings. The molecule has 0 unspecified atom stereocenters. The van der Waals surface area contributed by atoms with E-state index in [2.05, 4.69) is 26.6 Å². The van der Waals surface area contributed by atoms with Gasteiger partial charge in [0, 0.05) is 25.8 Å².